The van der Waals surface area contributed by atoms with Crippen molar-refractivity contribution in [1.29, 1.82) is 0 Å². The van der Waals surface area contributed by atoms with Crippen LogP contribution in [0.25, 0.3) is 0 Å². The fourth-order valence-corrected chi connectivity index (χ4v) is 2.50. The van der Waals surface area contributed by atoms with Crippen LogP contribution in [-0.2, 0) is 6.54 Å². The highest BCUT2D eigenvalue weighted by Crippen LogP contribution is 2.20. The minimum atomic E-state index is -0.288. The van der Waals surface area contributed by atoms with Crippen molar-refractivity contribution in [2.45, 2.75) is 13.5 Å². The predicted molar refractivity (Wildman–Crippen MR) is 103 cm³/mol. The van der Waals surface area contributed by atoms with Gasteiger partial charge >= 0.3 is 0 Å². The minimum absolute atomic E-state index is 0.269. The Balaban J connectivity index is 1.61. The summed E-state index contributed by atoms with van der Waals surface area (Å²) in [6, 6.07) is 19.0. The molecule has 3 rings (SSSR count). The number of amides is 1. The number of hydrogen-bond acceptors (Lipinski definition) is 4. The first kappa shape index (κ1) is 17.1. The molecule has 2 aromatic carbocycles. The lowest BCUT2D eigenvalue weighted by Gasteiger charge is -2.08. The highest BCUT2D eigenvalue weighted by molar-refractivity contribution is 9.10. The maximum absolute atomic E-state index is 12.3. The molecule has 0 aliphatic heterocycles. The molecule has 0 spiro atoms. The molecule has 0 saturated carbocycles. The molecule has 0 unspecified atom stereocenters. The van der Waals surface area contributed by atoms with E-state index in [1.54, 1.807) is 12.1 Å². The number of rotatable bonds is 5. The van der Waals surface area contributed by atoms with Crippen molar-refractivity contribution in [2.75, 3.05) is 10.6 Å². The molecule has 126 valence electrons. The smallest absolute Gasteiger partial charge is 0.276 e. The Bertz CT molecular complexity index is 866. The number of carbonyl (C=O) groups excluding carboxylic acids is 1. The van der Waals surface area contributed by atoms with Gasteiger partial charge in [-0.05, 0) is 48.4 Å². The Morgan fingerprint density at radius 1 is 1.04 bits per heavy atom. The third kappa shape index (κ3) is 4.64. The summed E-state index contributed by atoms with van der Waals surface area (Å²) in [6.07, 6.45) is 0. The maximum Gasteiger partial charge on any atom is 0.276 e. The van der Waals surface area contributed by atoms with E-state index in [2.05, 4.69) is 36.8 Å². The van der Waals surface area contributed by atoms with Crippen molar-refractivity contribution in [3.8, 4) is 0 Å². The predicted octanol–water partition coefficient (Wildman–Crippen LogP) is 4.41. The van der Waals surface area contributed by atoms with Gasteiger partial charge in [-0.1, -0.05) is 46.3 Å². The van der Waals surface area contributed by atoms with E-state index in [1.165, 1.54) is 0 Å². The van der Waals surface area contributed by atoms with Gasteiger partial charge in [0.2, 0.25) is 0 Å². The highest BCUT2D eigenvalue weighted by Gasteiger charge is 2.09. The van der Waals surface area contributed by atoms with Gasteiger partial charge in [-0.2, -0.15) is 0 Å². The molecule has 0 aliphatic carbocycles. The van der Waals surface area contributed by atoms with E-state index in [-0.39, 0.29) is 11.6 Å². The van der Waals surface area contributed by atoms with Crippen molar-refractivity contribution in [1.82, 2.24) is 10.2 Å². The van der Waals surface area contributed by atoms with Crippen LogP contribution < -0.4 is 10.6 Å². The molecule has 1 amide bonds. The van der Waals surface area contributed by atoms with Crippen LogP contribution in [0.4, 0.5) is 11.5 Å². The average molecular weight is 397 g/mol. The van der Waals surface area contributed by atoms with Gasteiger partial charge in [0.15, 0.2) is 5.69 Å². The fraction of sp³-hybridized carbons (Fsp3) is 0.105. The van der Waals surface area contributed by atoms with Crippen molar-refractivity contribution in [3.05, 3.63) is 82.0 Å². The average Bonchev–Trinajstić information content (AvgIpc) is 2.64. The number of nitrogens with zero attached hydrogens (tertiary/aromatic N) is 2. The van der Waals surface area contributed by atoms with Crippen LogP contribution in [0.15, 0.2) is 65.1 Å². The first-order chi connectivity index (χ1) is 12.1. The summed E-state index contributed by atoms with van der Waals surface area (Å²) in [5.74, 6) is 0.337. The molecule has 0 bridgehead atoms. The third-order valence-corrected chi connectivity index (χ3v) is 4.52. The summed E-state index contributed by atoms with van der Waals surface area (Å²) >= 11 is 3.44. The van der Waals surface area contributed by atoms with Crippen molar-refractivity contribution >= 4 is 33.3 Å². The molecule has 0 fully saturated rings. The van der Waals surface area contributed by atoms with Gasteiger partial charge in [0.1, 0.15) is 5.82 Å². The zero-order valence-electron chi connectivity index (χ0n) is 13.7. The van der Waals surface area contributed by atoms with Crippen LogP contribution in [0.3, 0.4) is 0 Å². The second-order valence-corrected chi connectivity index (χ2v) is 6.42. The zero-order chi connectivity index (χ0) is 17.6. The van der Waals surface area contributed by atoms with Crippen molar-refractivity contribution < 1.29 is 4.79 Å². The van der Waals surface area contributed by atoms with E-state index >= 15 is 0 Å². The molecule has 0 atom stereocenters. The summed E-state index contributed by atoms with van der Waals surface area (Å²) in [4.78, 5) is 12.3. The van der Waals surface area contributed by atoms with Crippen LogP contribution in [0.2, 0.25) is 0 Å². The topological polar surface area (TPSA) is 66.9 Å². The summed E-state index contributed by atoms with van der Waals surface area (Å²) < 4.78 is 0.999. The number of carbonyl (C=O) groups is 1. The maximum atomic E-state index is 12.3. The van der Waals surface area contributed by atoms with Crippen LogP contribution in [0.5, 0.6) is 0 Å². The lowest BCUT2D eigenvalue weighted by Crippen LogP contribution is -2.15. The SMILES string of the molecule is Cc1cc(NC(=O)c2ccc(NCc3ccccc3)nn2)ccc1Br. The highest BCUT2D eigenvalue weighted by atomic mass is 79.9. The summed E-state index contributed by atoms with van der Waals surface area (Å²) in [5, 5.41) is 14.1. The van der Waals surface area contributed by atoms with Gasteiger partial charge in [-0.25, -0.2) is 0 Å². The number of anilines is 2. The summed E-state index contributed by atoms with van der Waals surface area (Å²) in [5.41, 5.74) is 3.19. The van der Waals surface area contributed by atoms with E-state index in [9.17, 15) is 4.79 Å². The Labute approximate surface area is 154 Å². The van der Waals surface area contributed by atoms with E-state index in [0.29, 0.717) is 12.4 Å². The van der Waals surface area contributed by atoms with Gasteiger partial charge in [-0.15, -0.1) is 10.2 Å². The Hall–Kier alpha value is -2.73. The molecule has 3 aromatic rings. The number of halogens is 1. The van der Waals surface area contributed by atoms with E-state index < -0.39 is 0 Å². The van der Waals surface area contributed by atoms with E-state index in [0.717, 1.165) is 21.3 Å². The third-order valence-electron chi connectivity index (χ3n) is 3.63. The van der Waals surface area contributed by atoms with Crippen molar-refractivity contribution in [3.63, 3.8) is 0 Å². The molecular weight excluding hydrogens is 380 g/mol. The molecule has 0 saturated heterocycles. The monoisotopic (exact) mass is 396 g/mol. The Morgan fingerprint density at radius 3 is 2.52 bits per heavy atom. The first-order valence-electron chi connectivity index (χ1n) is 7.81. The molecule has 2 N–H and O–H groups in total. The summed E-state index contributed by atoms with van der Waals surface area (Å²) in [6.45, 7) is 2.62. The number of benzene rings is 2. The van der Waals surface area contributed by atoms with Crippen LogP contribution in [-0.4, -0.2) is 16.1 Å². The zero-order valence-corrected chi connectivity index (χ0v) is 15.2. The normalized spacial score (nSPS) is 10.3. The number of aryl methyl sites for hydroxylation is 1. The largest absolute Gasteiger partial charge is 0.365 e. The van der Waals surface area contributed by atoms with Gasteiger partial charge < -0.3 is 10.6 Å². The number of nitrogens with one attached hydrogen (secondary N) is 2. The number of aromatic nitrogens is 2. The second-order valence-electron chi connectivity index (χ2n) is 5.56. The van der Waals surface area contributed by atoms with Crippen LogP contribution in [0, 0.1) is 6.92 Å². The molecule has 6 heteroatoms. The second kappa shape index (κ2) is 7.90. The Morgan fingerprint density at radius 2 is 1.84 bits per heavy atom. The summed E-state index contributed by atoms with van der Waals surface area (Å²) in [7, 11) is 0. The fourth-order valence-electron chi connectivity index (χ4n) is 2.25. The first-order valence-corrected chi connectivity index (χ1v) is 8.60. The van der Waals surface area contributed by atoms with E-state index in [4.69, 9.17) is 0 Å². The van der Waals surface area contributed by atoms with Gasteiger partial charge in [0.25, 0.3) is 5.91 Å². The van der Waals surface area contributed by atoms with Crippen molar-refractivity contribution in [2.24, 2.45) is 0 Å². The van der Waals surface area contributed by atoms with Gasteiger partial charge in [-0.3, -0.25) is 4.79 Å². The van der Waals surface area contributed by atoms with Gasteiger partial charge in [0.05, 0.1) is 0 Å². The molecule has 5 nitrogen and oxygen atoms in total. The number of hydrogen-bond donors (Lipinski definition) is 2. The molecule has 1 heterocycles. The lowest BCUT2D eigenvalue weighted by atomic mass is 10.2. The van der Waals surface area contributed by atoms with Crippen LogP contribution in [0.1, 0.15) is 21.6 Å². The van der Waals surface area contributed by atoms with Gasteiger partial charge in [0, 0.05) is 16.7 Å². The molecule has 0 aliphatic rings. The molecule has 25 heavy (non-hydrogen) atoms. The van der Waals surface area contributed by atoms with E-state index in [1.807, 2.05) is 55.5 Å². The quantitative estimate of drug-likeness (QED) is 0.669. The standard InChI is InChI=1S/C19H17BrN4O/c1-13-11-15(7-8-16(13)20)22-19(25)17-9-10-18(24-23-17)21-12-14-5-3-2-4-6-14/h2-11H,12H2,1H3,(H,21,24)(H,22,25). The Kier molecular flexibility index (Phi) is 5.40. The molecule has 1 aromatic heterocycles. The van der Waals surface area contributed by atoms with Crippen LogP contribution >= 0.6 is 15.9 Å². The molecule has 0 radical (unpaired) electrons. The minimum Gasteiger partial charge on any atom is -0.365 e. The molecular formula is C19H17BrN4O. The lowest BCUT2D eigenvalue weighted by molar-refractivity contribution is 0.102.